The number of primary amides is 1. The smallest absolute Gasteiger partial charge is 0.221 e. The van der Waals surface area contributed by atoms with Crippen molar-refractivity contribution < 1.29 is 18.7 Å². The first-order valence-electron chi connectivity index (χ1n) is 9.74. The van der Waals surface area contributed by atoms with E-state index in [2.05, 4.69) is 22.0 Å². The minimum Gasteiger partial charge on any atom is -0.452 e. The van der Waals surface area contributed by atoms with E-state index in [4.69, 9.17) is 19.9 Å². The maximum absolute atomic E-state index is 11.7. The molecule has 152 valence electrons. The maximum Gasteiger partial charge on any atom is 0.221 e. The molecule has 30 heavy (non-hydrogen) atoms. The number of aromatic nitrogens is 2. The summed E-state index contributed by atoms with van der Waals surface area (Å²) in [7, 11) is 0. The Morgan fingerprint density at radius 2 is 2.03 bits per heavy atom. The number of carbonyl (C=O) groups excluding carboxylic acids is 2. The van der Waals surface area contributed by atoms with E-state index < -0.39 is 5.91 Å². The Labute approximate surface area is 171 Å². The van der Waals surface area contributed by atoms with Crippen molar-refractivity contribution in [3.63, 3.8) is 0 Å². The summed E-state index contributed by atoms with van der Waals surface area (Å²) in [5.41, 5.74) is 10.3. The van der Waals surface area contributed by atoms with Crippen molar-refractivity contribution >= 4 is 39.8 Å². The van der Waals surface area contributed by atoms with Crippen LogP contribution in [0.3, 0.4) is 0 Å². The highest BCUT2D eigenvalue weighted by Gasteiger charge is 2.18. The van der Waals surface area contributed by atoms with Gasteiger partial charge in [0.25, 0.3) is 0 Å². The van der Waals surface area contributed by atoms with Gasteiger partial charge in [0.2, 0.25) is 5.91 Å². The number of ether oxygens (including phenoxy) is 1. The molecule has 0 saturated carbocycles. The van der Waals surface area contributed by atoms with Crippen molar-refractivity contribution in [1.82, 2.24) is 9.97 Å². The molecule has 1 amide bonds. The SMILES string of the molecule is NC(=O)Cc1cc(-c2ccc(C=O)o2)nc2c1[nH]c1cc(N3CCOCC3)ccc12. The molecule has 5 rings (SSSR count). The summed E-state index contributed by atoms with van der Waals surface area (Å²) in [5, 5.41) is 0.941. The molecule has 1 aliphatic heterocycles. The van der Waals surface area contributed by atoms with Crippen molar-refractivity contribution in [1.29, 1.82) is 0 Å². The zero-order valence-electron chi connectivity index (χ0n) is 16.2. The van der Waals surface area contributed by atoms with Gasteiger partial charge >= 0.3 is 0 Å². The van der Waals surface area contributed by atoms with Crippen LogP contribution in [0.1, 0.15) is 16.1 Å². The van der Waals surface area contributed by atoms with Crippen molar-refractivity contribution in [3.8, 4) is 11.5 Å². The average molecular weight is 404 g/mol. The van der Waals surface area contributed by atoms with E-state index >= 15 is 0 Å². The van der Waals surface area contributed by atoms with Crippen LogP contribution in [0, 0.1) is 0 Å². The Morgan fingerprint density at radius 3 is 2.77 bits per heavy atom. The third-order valence-corrected chi connectivity index (χ3v) is 5.36. The summed E-state index contributed by atoms with van der Waals surface area (Å²) in [4.78, 5) is 33.1. The fourth-order valence-corrected chi connectivity index (χ4v) is 3.93. The number of morpholine rings is 1. The molecule has 1 aliphatic rings. The second kappa shape index (κ2) is 7.31. The number of anilines is 1. The van der Waals surface area contributed by atoms with E-state index in [1.165, 1.54) is 0 Å². The van der Waals surface area contributed by atoms with Gasteiger partial charge in [0.1, 0.15) is 5.69 Å². The summed E-state index contributed by atoms with van der Waals surface area (Å²) in [6, 6.07) is 11.2. The predicted octanol–water partition coefficient (Wildman–Crippen LogP) is 2.65. The molecule has 0 unspecified atom stereocenters. The number of carbonyl (C=O) groups is 2. The molecule has 0 atom stereocenters. The van der Waals surface area contributed by atoms with Crippen LogP contribution in [0.2, 0.25) is 0 Å². The summed E-state index contributed by atoms with van der Waals surface area (Å²) in [5.74, 6) is 0.246. The number of nitrogens with two attached hydrogens (primary N) is 1. The van der Waals surface area contributed by atoms with Crippen molar-refractivity contribution in [2.45, 2.75) is 6.42 Å². The Balaban J connectivity index is 1.67. The molecular formula is C22H20N4O4. The second-order valence-electron chi connectivity index (χ2n) is 7.31. The minimum absolute atomic E-state index is 0.0659. The number of nitrogens with zero attached hydrogens (tertiary/aromatic N) is 2. The van der Waals surface area contributed by atoms with Crippen LogP contribution < -0.4 is 10.6 Å². The van der Waals surface area contributed by atoms with Crippen molar-refractivity contribution in [3.05, 3.63) is 47.7 Å². The molecule has 3 N–H and O–H groups in total. The molecule has 0 bridgehead atoms. The highest BCUT2D eigenvalue weighted by atomic mass is 16.5. The van der Waals surface area contributed by atoms with Crippen LogP contribution in [-0.4, -0.2) is 48.5 Å². The van der Waals surface area contributed by atoms with E-state index in [0.717, 1.165) is 46.3 Å². The van der Waals surface area contributed by atoms with E-state index in [9.17, 15) is 9.59 Å². The first-order valence-corrected chi connectivity index (χ1v) is 9.74. The minimum atomic E-state index is -0.436. The Bertz CT molecular complexity index is 1270. The van der Waals surface area contributed by atoms with Gasteiger partial charge in [-0.05, 0) is 42.0 Å². The van der Waals surface area contributed by atoms with Gasteiger partial charge in [-0.25, -0.2) is 4.98 Å². The Morgan fingerprint density at radius 1 is 1.20 bits per heavy atom. The van der Waals surface area contributed by atoms with Gasteiger partial charge in [-0.15, -0.1) is 0 Å². The topological polar surface area (TPSA) is 114 Å². The Kier molecular flexibility index (Phi) is 4.48. The standard InChI is InChI=1S/C22H20N4O4/c23-20(28)10-13-9-18(19-4-2-15(12-27)30-19)25-22-16-3-1-14(11-17(16)24-21(13)22)26-5-7-29-8-6-26/h1-4,9,11-12,24H,5-8,10H2,(H2,23,28). The van der Waals surface area contributed by atoms with E-state index in [0.29, 0.717) is 31.0 Å². The molecule has 8 nitrogen and oxygen atoms in total. The third kappa shape index (κ3) is 3.21. The lowest BCUT2D eigenvalue weighted by Gasteiger charge is -2.28. The number of benzene rings is 1. The molecule has 0 spiro atoms. The molecule has 0 aliphatic carbocycles. The van der Waals surface area contributed by atoms with Gasteiger partial charge in [0, 0.05) is 24.2 Å². The lowest BCUT2D eigenvalue weighted by molar-refractivity contribution is -0.117. The number of nitrogens with one attached hydrogen (secondary N) is 1. The molecule has 1 fully saturated rings. The number of H-pyrrole nitrogens is 1. The number of furan rings is 1. The van der Waals surface area contributed by atoms with Crippen LogP contribution in [-0.2, 0) is 16.0 Å². The summed E-state index contributed by atoms with van der Waals surface area (Å²) in [6.45, 7) is 3.12. The molecule has 1 aromatic carbocycles. The number of pyridine rings is 1. The number of aromatic amines is 1. The van der Waals surface area contributed by atoms with Gasteiger partial charge in [-0.3, -0.25) is 9.59 Å². The molecule has 3 aromatic heterocycles. The molecule has 8 heteroatoms. The zero-order chi connectivity index (χ0) is 20.7. The lowest BCUT2D eigenvalue weighted by atomic mass is 10.1. The predicted molar refractivity (Wildman–Crippen MR) is 113 cm³/mol. The number of hydrogen-bond acceptors (Lipinski definition) is 6. The van der Waals surface area contributed by atoms with E-state index in [1.54, 1.807) is 18.2 Å². The highest BCUT2D eigenvalue weighted by Crippen LogP contribution is 2.33. The van der Waals surface area contributed by atoms with Crippen LogP contribution in [0.4, 0.5) is 5.69 Å². The van der Waals surface area contributed by atoms with Gasteiger partial charge in [-0.2, -0.15) is 0 Å². The van der Waals surface area contributed by atoms with Crippen LogP contribution in [0.25, 0.3) is 33.4 Å². The summed E-state index contributed by atoms with van der Waals surface area (Å²) < 4.78 is 11.0. The Hall–Kier alpha value is -3.65. The number of rotatable bonds is 5. The fourth-order valence-electron chi connectivity index (χ4n) is 3.93. The summed E-state index contributed by atoms with van der Waals surface area (Å²) >= 11 is 0. The fraction of sp³-hybridized carbons (Fsp3) is 0.227. The zero-order valence-corrected chi connectivity index (χ0v) is 16.2. The first-order chi connectivity index (χ1) is 14.6. The maximum atomic E-state index is 11.7. The van der Waals surface area contributed by atoms with Gasteiger partial charge in [0.15, 0.2) is 17.8 Å². The number of fused-ring (bicyclic) bond motifs is 3. The largest absolute Gasteiger partial charge is 0.452 e. The number of aldehydes is 1. The normalized spacial score (nSPS) is 14.5. The number of amides is 1. The molecule has 1 saturated heterocycles. The molecular weight excluding hydrogens is 384 g/mol. The van der Waals surface area contributed by atoms with Crippen LogP contribution in [0.15, 0.2) is 40.8 Å². The lowest BCUT2D eigenvalue weighted by Crippen LogP contribution is -2.36. The first kappa shape index (κ1) is 18.4. The highest BCUT2D eigenvalue weighted by molar-refractivity contribution is 6.08. The third-order valence-electron chi connectivity index (χ3n) is 5.36. The summed E-state index contributed by atoms with van der Waals surface area (Å²) in [6.07, 6.45) is 0.710. The molecule has 4 aromatic rings. The van der Waals surface area contributed by atoms with Gasteiger partial charge < -0.3 is 24.8 Å². The van der Waals surface area contributed by atoms with Gasteiger partial charge in [0.05, 0.1) is 36.2 Å². The van der Waals surface area contributed by atoms with Crippen LogP contribution in [0.5, 0.6) is 0 Å². The van der Waals surface area contributed by atoms with E-state index in [1.807, 2.05) is 6.07 Å². The number of hydrogen-bond donors (Lipinski definition) is 2. The second-order valence-corrected chi connectivity index (χ2v) is 7.31. The van der Waals surface area contributed by atoms with Crippen molar-refractivity contribution in [2.24, 2.45) is 5.73 Å². The molecule has 4 heterocycles. The quantitative estimate of drug-likeness (QED) is 0.494. The monoisotopic (exact) mass is 404 g/mol. The van der Waals surface area contributed by atoms with Crippen LogP contribution >= 0.6 is 0 Å². The van der Waals surface area contributed by atoms with E-state index in [-0.39, 0.29) is 12.2 Å². The van der Waals surface area contributed by atoms with Crippen molar-refractivity contribution in [2.75, 3.05) is 31.2 Å². The van der Waals surface area contributed by atoms with Gasteiger partial charge in [-0.1, -0.05) is 0 Å². The average Bonchev–Trinajstić information content (AvgIpc) is 3.38. The molecule has 0 radical (unpaired) electrons.